The molecule has 0 unspecified atom stereocenters. The number of imide groups is 2. The maximum Gasteiger partial charge on any atom is 0.335 e. The molecule has 0 aliphatic carbocycles. The van der Waals surface area contributed by atoms with Crippen molar-refractivity contribution in [2.45, 2.75) is 0 Å². The third-order valence-electron chi connectivity index (χ3n) is 3.53. The predicted molar refractivity (Wildman–Crippen MR) is 88.5 cm³/mol. The van der Waals surface area contributed by atoms with Gasteiger partial charge in [0, 0.05) is 12.1 Å². The molecule has 4 amide bonds. The molecular formula is C17H11N3O5. The topological polar surface area (TPSA) is 110 Å². The number of para-hydroxylation sites is 1. The van der Waals surface area contributed by atoms with Crippen molar-refractivity contribution in [2.24, 2.45) is 0 Å². The molecule has 1 saturated heterocycles. The minimum atomic E-state index is -0.831. The highest BCUT2D eigenvalue weighted by Gasteiger charge is 2.36. The molecule has 2 aromatic carbocycles. The second-order valence-electron chi connectivity index (χ2n) is 5.14. The van der Waals surface area contributed by atoms with Gasteiger partial charge in [-0.1, -0.05) is 18.2 Å². The lowest BCUT2D eigenvalue weighted by molar-refractivity contribution is -0.384. The Balaban J connectivity index is 1.97. The number of nitrogens with zero attached hydrogens (tertiary/aromatic N) is 2. The van der Waals surface area contributed by atoms with Crippen molar-refractivity contribution in [3.05, 3.63) is 75.8 Å². The number of non-ortho nitro benzene ring substituents is 1. The highest BCUT2D eigenvalue weighted by atomic mass is 16.6. The summed E-state index contributed by atoms with van der Waals surface area (Å²) in [4.78, 5) is 47.6. The van der Waals surface area contributed by atoms with Gasteiger partial charge in [0.15, 0.2) is 0 Å². The van der Waals surface area contributed by atoms with E-state index in [0.29, 0.717) is 11.3 Å². The molecule has 25 heavy (non-hydrogen) atoms. The highest BCUT2D eigenvalue weighted by Crippen LogP contribution is 2.22. The average Bonchev–Trinajstić information content (AvgIpc) is 2.60. The molecule has 1 fully saturated rings. The first-order chi connectivity index (χ1) is 12.0. The zero-order valence-electron chi connectivity index (χ0n) is 12.7. The van der Waals surface area contributed by atoms with E-state index in [9.17, 15) is 24.5 Å². The number of benzene rings is 2. The SMILES string of the molecule is O=C1NC(=O)N(c2ccccc2)C(=O)/C1=C/c1ccc([N+](=O)[O-])cc1. The Morgan fingerprint density at radius 1 is 0.960 bits per heavy atom. The maximum atomic E-state index is 12.6. The Kier molecular flexibility index (Phi) is 4.09. The molecule has 8 nitrogen and oxygen atoms in total. The van der Waals surface area contributed by atoms with Crippen LogP contribution in [0.25, 0.3) is 6.08 Å². The zero-order chi connectivity index (χ0) is 18.0. The number of nitro groups is 1. The number of hydrogen-bond acceptors (Lipinski definition) is 5. The minimum Gasteiger partial charge on any atom is -0.273 e. The molecule has 1 heterocycles. The molecule has 1 aliphatic heterocycles. The third-order valence-corrected chi connectivity index (χ3v) is 3.53. The minimum absolute atomic E-state index is 0.109. The lowest BCUT2D eigenvalue weighted by atomic mass is 10.1. The van der Waals surface area contributed by atoms with Crippen molar-refractivity contribution in [1.82, 2.24) is 5.32 Å². The van der Waals surface area contributed by atoms with E-state index in [0.717, 1.165) is 4.90 Å². The lowest BCUT2D eigenvalue weighted by Gasteiger charge is -2.26. The van der Waals surface area contributed by atoms with Crippen LogP contribution >= 0.6 is 0 Å². The van der Waals surface area contributed by atoms with Gasteiger partial charge in [-0.3, -0.25) is 25.0 Å². The second kappa shape index (κ2) is 6.36. The molecule has 1 aliphatic rings. The number of nitrogens with one attached hydrogen (secondary N) is 1. The summed E-state index contributed by atoms with van der Waals surface area (Å²) in [6.45, 7) is 0. The van der Waals surface area contributed by atoms with Gasteiger partial charge in [0.25, 0.3) is 17.5 Å². The van der Waals surface area contributed by atoms with Crippen LogP contribution in [-0.4, -0.2) is 22.8 Å². The van der Waals surface area contributed by atoms with E-state index in [2.05, 4.69) is 5.32 Å². The molecule has 0 atom stereocenters. The standard InChI is InChI=1S/C17H11N3O5/c21-15-14(10-11-6-8-13(9-7-11)20(24)25)16(22)19(17(23)18-15)12-4-2-1-3-5-12/h1-10H,(H,18,21,23)/b14-10+. The van der Waals surface area contributed by atoms with Gasteiger partial charge in [0.05, 0.1) is 10.6 Å². The first kappa shape index (κ1) is 16.1. The molecule has 0 radical (unpaired) electrons. The summed E-state index contributed by atoms with van der Waals surface area (Å²) < 4.78 is 0. The van der Waals surface area contributed by atoms with Gasteiger partial charge in [-0.15, -0.1) is 0 Å². The fourth-order valence-electron chi connectivity index (χ4n) is 2.33. The molecule has 0 saturated carbocycles. The van der Waals surface area contributed by atoms with Crippen LogP contribution < -0.4 is 10.2 Å². The molecule has 0 aromatic heterocycles. The van der Waals surface area contributed by atoms with Crippen LogP contribution in [0.2, 0.25) is 0 Å². The van der Waals surface area contributed by atoms with Gasteiger partial charge in [-0.05, 0) is 35.9 Å². The quantitative estimate of drug-likeness (QED) is 0.400. The van der Waals surface area contributed by atoms with Crippen molar-refractivity contribution in [3.8, 4) is 0 Å². The van der Waals surface area contributed by atoms with Crippen molar-refractivity contribution in [3.63, 3.8) is 0 Å². The van der Waals surface area contributed by atoms with Crippen LogP contribution in [0.3, 0.4) is 0 Å². The van der Waals surface area contributed by atoms with Gasteiger partial charge in [0.1, 0.15) is 5.57 Å². The van der Waals surface area contributed by atoms with Gasteiger partial charge < -0.3 is 0 Å². The number of rotatable bonds is 3. The summed E-state index contributed by atoms with van der Waals surface area (Å²) in [5.74, 6) is -1.58. The van der Waals surface area contributed by atoms with Crippen molar-refractivity contribution < 1.29 is 19.3 Å². The van der Waals surface area contributed by atoms with E-state index in [-0.39, 0.29) is 11.3 Å². The van der Waals surface area contributed by atoms with Crippen molar-refractivity contribution >= 4 is 35.3 Å². The maximum absolute atomic E-state index is 12.6. The molecule has 124 valence electrons. The Labute approximate surface area is 141 Å². The van der Waals surface area contributed by atoms with Gasteiger partial charge in [-0.2, -0.15) is 0 Å². The number of urea groups is 1. The number of hydrogen-bond donors (Lipinski definition) is 1. The fraction of sp³-hybridized carbons (Fsp3) is 0. The molecule has 2 aromatic rings. The largest absolute Gasteiger partial charge is 0.335 e. The molecule has 0 spiro atoms. The summed E-state index contributed by atoms with van der Waals surface area (Å²) in [7, 11) is 0. The van der Waals surface area contributed by atoms with Crippen LogP contribution in [0.4, 0.5) is 16.2 Å². The Morgan fingerprint density at radius 3 is 2.20 bits per heavy atom. The normalized spacial score (nSPS) is 16.1. The van der Waals surface area contributed by atoms with E-state index in [1.165, 1.54) is 30.3 Å². The second-order valence-corrected chi connectivity index (χ2v) is 5.14. The Bertz CT molecular complexity index is 904. The summed E-state index contributed by atoms with van der Waals surface area (Å²) in [6.07, 6.45) is 1.28. The van der Waals surface area contributed by atoms with Gasteiger partial charge >= 0.3 is 6.03 Å². The van der Waals surface area contributed by atoms with Crippen LogP contribution in [0, 0.1) is 10.1 Å². The summed E-state index contributed by atoms with van der Waals surface area (Å²) in [5, 5.41) is 12.8. The average molecular weight is 337 g/mol. The monoisotopic (exact) mass is 337 g/mol. The Hall–Kier alpha value is -3.81. The molecular weight excluding hydrogens is 326 g/mol. The molecule has 0 bridgehead atoms. The summed E-state index contributed by atoms with van der Waals surface area (Å²) >= 11 is 0. The summed E-state index contributed by atoms with van der Waals surface area (Å²) in [5.41, 5.74) is 0.401. The number of carbonyl (C=O) groups is 3. The Morgan fingerprint density at radius 2 is 1.60 bits per heavy atom. The van der Waals surface area contributed by atoms with Crippen molar-refractivity contribution in [1.29, 1.82) is 0 Å². The number of amides is 4. The summed E-state index contributed by atoms with van der Waals surface area (Å²) in [6, 6.07) is 12.7. The smallest absolute Gasteiger partial charge is 0.273 e. The lowest BCUT2D eigenvalue weighted by Crippen LogP contribution is -2.54. The van der Waals surface area contributed by atoms with Gasteiger partial charge in [0.2, 0.25) is 0 Å². The number of anilines is 1. The van der Waals surface area contributed by atoms with Crippen molar-refractivity contribution in [2.75, 3.05) is 4.90 Å². The molecule has 3 rings (SSSR count). The molecule has 1 N–H and O–H groups in total. The van der Waals surface area contributed by atoms with E-state index in [4.69, 9.17) is 0 Å². The van der Waals surface area contributed by atoms with E-state index in [1.54, 1.807) is 30.3 Å². The van der Waals surface area contributed by atoms with Crippen LogP contribution in [0.1, 0.15) is 5.56 Å². The van der Waals surface area contributed by atoms with Crippen LogP contribution in [0.5, 0.6) is 0 Å². The highest BCUT2D eigenvalue weighted by molar-refractivity contribution is 6.39. The van der Waals surface area contributed by atoms with Gasteiger partial charge in [-0.25, -0.2) is 9.69 Å². The van der Waals surface area contributed by atoms with Crippen LogP contribution in [-0.2, 0) is 9.59 Å². The predicted octanol–water partition coefficient (Wildman–Crippen LogP) is 2.26. The first-order valence-electron chi connectivity index (χ1n) is 7.18. The number of nitro benzene ring substituents is 1. The third kappa shape index (κ3) is 3.13. The van der Waals surface area contributed by atoms with E-state index in [1.807, 2.05) is 0 Å². The van der Waals surface area contributed by atoms with E-state index < -0.39 is 22.8 Å². The number of carbonyl (C=O) groups excluding carboxylic acids is 3. The molecule has 8 heteroatoms. The van der Waals surface area contributed by atoms with E-state index >= 15 is 0 Å². The number of barbiturate groups is 1. The fourth-order valence-corrected chi connectivity index (χ4v) is 2.33. The first-order valence-corrected chi connectivity index (χ1v) is 7.18. The van der Waals surface area contributed by atoms with Crippen LogP contribution in [0.15, 0.2) is 60.2 Å². The zero-order valence-corrected chi connectivity index (χ0v) is 12.7.